The maximum Gasteiger partial charge on any atom is 0.331 e. The van der Waals surface area contributed by atoms with Crippen LogP contribution in [0.25, 0.3) is 0 Å². The summed E-state index contributed by atoms with van der Waals surface area (Å²) in [7, 11) is 0. The molecule has 0 saturated carbocycles. The standard InChI is InChI=1S/C18H32O4/c1-15(2,3)17(7,8)21-13(19)11-12-14(20)22-18(9,10)16(4,5)6/h11-12H,1-10H3/b12-11+. The average Bonchev–Trinajstić information content (AvgIpc) is 2.21. The lowest BCUT2D eigenvalue weighted by atomic mass is 9.79. The van der Waals surface area contributed by atoms with Gasteiger partial charge in [0.2, 0.25) is 0 Å². The van der Waals surface area contributed by atoms with Gasteiger partial charge in [-0.05, 0) is 27.7 Å². The minimum Gasteiger partial charge on any atom is -0.456 e. The van der Waals surface area contributed by atoms with Crippen LogP contribution in [0.3, 0.4) is 0 Å². The van der Waals surface area contributed by atoms with Crippen LogP contribution in [0.15, 0.2) is 12.2 Å². The van der Waals surface area contributed by atoms with E-state index in [1.54, 1.807) is 0 Å². The van der Waals surface area contributed by atoms with E-state index in [2.05, 4.69) is 0 Å². The molecular formula is C18H32O4. The zero-order chi connectivity index (χ0) is 18.0. The summed E-state index contributed by atoms with van der Waals surface area (Å²) in [4.78, 5) is 23.7. The van der Waals surface area contributed by atoms with Gasteiger partial charge in [-0.25, -0.2) is 9.59 Å². The predicted octanol–water partition coefficient (Wildman–Crippen LogP) is 4.28. The Labute approximate surface area is 135 Å². The van der Waals surface area contributed by atoms with E-state index in [0.717, 1.165) is 12.2 Å². The third kappa shape index (κ3) is 5.82. The van der Waals surface area contributed by atoms with E-state index >= 15 is 0 Å². The second kappa shape index (κ2) is 6.43. The minimum absolute atomic E-state index is 0.203. The van der Waals surface area contributed by atoms with Gasteiger partial charge in [-0.2, -0.15) is 0 Å². The molecule has 0 aliphatic heterocycles. The molecule has 0 aliphatic rings. The Hall–Kier alpha value is -1.32. The monoisotopic (exact) mass is 312 g/mol. The molecule has 0 aromatic heterocycles. The molecule has 0 aliphatic carbocycles. The third-order valence-electron chi connectivity index (χ3n) is 4.68. The highest BCUT2D eigenvalue weighted by Gasteiger charge is 2.37. The predicted molar refractivity (Wildman–Crippen MR) is 88.4 cm³/mol. The van der Waals surface area contributed by atoms with Gasteiger partial charge in [0, 0.05) is 23.0 Å². The van der Waals surface area contributed by atoms with Crippen molar-refractivity contribution in [3.63, 3.8) is 0 Å². The van der Waals surface area contributed by atoms with Crippen molar-refractivity contribution >= 4 is 11.9 Å². The van der Waals surface area contributed by atoms with Crippen molar-refractivity contribution in [2.75, 3.05) is 0 Å². The summed E-state index contributed by atoms with van der Waals surface area (Å²) in [6.07, 6.45) is 2.24. The van der Waals surface area contributed by atoms with E-state index < -0.39 is 23.1 Å². The van der Waals surface area contributed by atoms with Crippen LogP contribution in [0.2, 0.25) is 0 Å². The summed E-state index contributed by atoms with van der Waals surface area (Å²) in [5, 5.41) is 0. The van der Waals surface area contributed by atoms with E-state index in [0.29, 0.717) is 0 Å². The second-order valence-corrected chi connectivity index (χ2v) is 8.70. The lowest BCUT2D eigenvalue weighted by molar-refractivity contribution is -0.163. The molecule has 0 bridgehead atoms. The van der Waals surface area contributed by atoms with Gasteiger partial charge in [0.25, 0.3) is 0 Å². The first-order valence-corrected chi connectivity index (χ1v) is 7.64. The number of carbonyl (C=O) groups is 2. The van der Waals surface area contributed by atoms with Crippen LogP contribution in [0.5, 0.6) is 0 Å². The number of hydrogen-bond donors (Lipinski definition) is 0. The Bertz CT molecular complexity index is 401. The Morgan fingerprint density at radius 1 is 0.591 bits per heavy atom. The fourth-order valence-corrected chi connectivity index (χ4v) is 1.01. The quantitative estimate of drug-likeness (QED) is 0.574. The molecule has 0 heterocycles. The Kier molecular flexibility index (Phi) is 6.04. The van der Waals surface area contributed by atoms with Crippen molar-refractivity contribution in [1.82, 2.24) is 0 Å². The molecule has 0 saturated heterocycles. The molecule has 128 valence electrons. The van der Waals surface area contributed by atoms with Gasteiger partial charge in [-0.1, -0.05) is 41.5 Å². The number of carbonyl (C=O) groups excluding carboxylic acids is 2. The fraction of sp³-hybridized carbons (Fsp3) is 0.778. The summed E-state index contributed by atoms with van der Waals surface area (Å²) < 4.78 is 10.8. The van der Waals surface area contributed by atoms with Crippen LogP contribution >= 0.6 is 0 Å². The van der Waals surface area contributed by atoms with E-state index in [4.69, 9.17) is 9.47 Å². The highest BCUT2D eigenvalue weighted by molar-refractivity contribution is 5.92. The summed E-state index contributed by atoms with van der Waals surface area (Å²) in [5.74, 6) is -1.10. The molecule has 0 rings (SSSR count). The first-order valence-electron chi connectivity index (χ1n) is 7.64. The molecule has 0 amide bonds. The molecule has 0 spiro atoms. The second-order valence-electron chi connectivity index (χ2n) is 8.70. The molecule has 4 nitrogen and oxygen atoms in total. The molecule has 22 heavy (non-hydrogen) atoms. The fourth-order valence-electron chi connectivity index (χ4n) is 1.01. The van der Waals surface area contributed by atoms with E-state index in [-0.39, 0.29) is 10.8 Å². The number of ether oxygens (including phenoxy) is 2. The molecule has 0 atom stereocenters. The summed E-state index contributed by atoms with van der Waals surface area (Å²) in [6.45, 7) is 19.3. The van der Waals surface area contributed by atoms with Gasteiger partial charge in [0.1, 0.15) is 11.2 Å². The van der Waals surface area contributed by atoms with Crippen molar-refractivity contribution in [2.45, 2.75) is 80.4 Å². The largest absolute Gasteiger partial charge is 0.456 e. The van der Waals surface area contributed by atoms with Crippen molar-refractivity contribution in [3.8, 4) is 0 Å². The van der Waals surface area contributed by atoms with Crippen LogP contribution in [0.1, 0.15) is 69.2 Å². The van der Waals surface area contributed by atoms with Gasteiger partial charge >= 0.3 is 11.9 Å². The van der Waals surface area contributed by atoms with Crippen molar-refractivity contribution in [2.24, 2.45) is 10.8 Å². The number of rotatable bonds is 4. The molecule has 0 aromatic rings. The van der Waals surface area contributed by atoms with Crippen LogP contribution in [-0.4, -0.2) is 23.1 Å². The van der Waals surface area contributed by atoms with Crippen molar-refractivity contribution < 1.29 is 19.1 Å². The molecule has 0 N–H and O–H groups in total. The van der Waals surface area contributed by atoms with E-state index in [1.165, 1.54) is 0 Å². The van der Waals surface area contributed by atoms with Gasteiger partial charge in [-0.3, -0.25) is 0 Å². The zero-order valence-corrected chi connectivity index (χ0v) is 15.8. The maximum absolute atomic E-state index is 11.9. The lowest BCUT2D eigenvalue weighted by Gasteiger charge is -2.38. The van der Waals surface area contributed by atoms with Crippen LogP contribution in [-0.2, 0) is 19.1 Å². The van der Waals surface area contributed by atoms with Crippen molar-refractivity contribution in [3.05, 3.63) is 12.2 Å². The molecule has 0 unspecified atom stereocenters. The van der Waals surface area contributed by atoms with E-state index in [9.17, 15) is 9.59 Å². The van der Waals surface area contributed by atoms with Gasteiger partial charge < -0.3 is 9.47 Å². The third-order valence-corrected chi connectivity index (χ3v) is 4.68. The summed E-state index contributed by atoms with van der Waals surface area (Å²) >= 11 is 0. The lowest BCUT2D eigenvalue weighted by Crippen LogP contribution is -2.41. The first kappa shape index (κ1) is 20.7. The Balaban J connectivity index is 4.75. The highest BCUT2D eigenvalue weighted by atomic mass is 16.6. The summed E-state index contributed by atoms with van der Waals surface area (Å²) in [5.41, 5.74) is -1.68. The zero-order valence-electron chi connectivity index (χ0n) is 15.8. The molecule has 0 aromatic carbocycles. The molecule has 0 fully saturated rings. The highest BCUT2D eigenvalue weighted by Crippen LogP contribution is 2.34. The Morgan fingerprint density at radius 2 is 0.818 bits per heavy atom. The minimum atomic E-state index is -0.636. The van der Waals surface area contributed by atoms with Gasteiger partial charge in [0.05, 0.1) is 0 Å². The molecule has 4 heteroatoms. The SMILES string of the molecule is CC(C)(C)C(C)(C)OC(=O)/C=C/C(=O)OC(C)(C)C(C)(C)C. The topological polar surface area (TPSA) is 52.6 Å². The number of hydrogen-bond acceptors (Lipinski definition) is 4. The summed E-state index contributed by atoms with van der Waals surface area (Å²) in [6, 6.07) is 0. The van der Waals surface area contributed by atoms with E-state index in [1.807, 2.05) is 69.2 Å². The molecular weight excluding hydrogens is 280 g/mol. The van der Waals surface area contributed by atoms with Crippen LogP contribution in [0.4, 0.5) is 0 Å². The number of esters is 2. The van der Waals surface area contributed by atoms with Crippen LogP contribution in [0, 0.1) is 10.8 Å². The smallest absolute Gasteiger partial charge is 0.331 e. The van der Waals surface area contributed by atoms with Gasteiger partial charge in [-0.15, -0.1) is 0 Å². The Morgan fingerprint density at radius 3 is 1.00 bits per heavy atom. The first-order chi connectivity index (χ1) is 9.49. The van der Waals surface area contributed by atoms with Crippen LogP contribution < -0.4 is 0 Å². The maximum atomic E-state index is 11.9. The van der Waals surface area contributed by atoms with Gasteiger partial charge in [0.15, 0.2) is 0 Å². The normalized spacial score (nSPS) is 14.1. The average molecular weight is 312 g/mol. The molecule has 0 radical (unpaired) electrons. The van der Waals surface area contributed by atoms with Crippen molar-refractivity contribution in [1.29, 1.82) is 0 Å².